The van der Waals surface area contributed by atoms with E-state index in [0.717, 1.165) is 11.3 Å². The maximum absolute atomic E-state index is 10.9. The van der Waals surface area contributed by atoms with Crippen molar-refractivity contribution in [3.8, 4) is 10.7 Å². The fourth-order valence-corrected chi connectivity index (χ4v) is 2.59. The van der Waals surface area contributed by atoms with Crippen molar-refractivity contribution < 1.29 is 9.90 Å². The molecule has 0 aromatic carbocycles. The molecule has 7 heteroatoms. The summed E-state index contributed by atoms with van der Waals surface area (Å²) < 4.78 is 3.72. The minimum Gasteiger partial charge on any atom is -0.477 e. The van der Waals surface area contributed by atoms with Crippen LogP contribution in [0.3, 0.4) is 0 Å². The summed E-state index contributed by atoms with van der Waals surface area (Å²) in [6.07, 6.45) is 0.607. The maximum Gasteiger partial charge on any atom is 0.347 e. The smallest absolute Gasteiger partial charge is 0.347 e. The lowest BCUT2D eigenvalue weighted by molar-refractivity contribution is 0.0701. The number of nitrogens with zero attached hydrogens (tertiary/aromatic N) is 3. The molecular formula is C8H7N3O2S2. The van der Waals surface area contributed by atoms with E-state index in [9.17, 15) is 4.79 Å². The minimum absolute atomic E-state index is 0.292. The van der Waals surface area contributed by atoms with Gasteiger partial charge in [0.05, 0.1) is 5.69 Å². The van der Waals surface area contributed by atoms with Gasteiger partial charge in [0, 0.05) is 5.38 Å². The average molecular weight is 241 g/mol. The second kappa shape index (κ2) is 4.03. The van der Waals surface area contributed by atoms with Crippen molar-refractivity contribution in [2.75, 3.05) is 0 Å². The minimum atomic E-state index is -0.932. The Morgan fingerprint density at radius 3 is 2.87 bits per heavy atom. The van der Waals surface area contributed by atoms with Crippen LogP contribution < -0.4 is 0 Å². The third-order valence-corrected chi connectivity index (χ3v) is 3.42. The number of thiazole rings is 1. The zero-order valence-corrected chi connectivity index (χ0v) is 9.43. The molecule has 0 amide bonds. The van der Waals surface area contributed by atoms with Gasteiger partial charge in [-0.05, 0) is 18.0 Å². The summed E-state index contributed by atoms with van der Waals surface area (Å²) in [5.41, 5.74) is 1.25. The lowest BCUT2D eigenvalue weighted by atomic mass is 10.3. The molecule has 78 valence electrons. The van der Waals surface area contributed by atoms with Crippen LogP contribution in [0.5, 0.6) is 0 Å². The number of carboxylic acid groups (broad SMARTS) is 1. The van der Waals surface area contributed by atoms with Gasteiger partial charge in [0.15, 0.2) is 0 Å². The molecule has 2 aromatic rings. The maximum atomic E-state index is 10.9. The molecule has 0 saturated heterocycles. The van der Waals surface area contributed by atoms with Crippen LogP contribution in [0.1, 0.15) is 22.3 Å². The molecule has 0 aliphatic heterocycles. The monoisotopic (exact) mass is 241 g/mol. The van der Waals surface area contributed by atoms with Gasteiger partial charge in [-0.3, -0.25) is 0 Å². The number of hydrogen-bond acceptors (Lipinski definition) is 6. The Hall–Kier alpha value is -1.34. The Morgan fingerprint density at radius 2 is 2.40 bits per heavy atom. The molecule has 0 saturated carbocycles. The van der Waals surface area contributed by atoms with Crippen LogP contribution in [-0.2, 0) is 6.42 Å². The highest BCUT2D eigenvalue weighted by Crippen LogP contribution is 2.27. The van der Waals surface area contributed by atoms with Crippen LogP contribution in [0.15, 0.2) is 5.38 Å². The second-order valence-corrected chi connectivity index (χ2v) is 4.35. The van der Waals surface area contributed by atoms with E-state index in [2.05, 4.69) is 14.6 Å². The first-order chi connectivity index (χ1) is 7.22. The van der Waals surface area contributed by atoms with Crippen molar-refractivity contribution in [1.82, 2.24) is 14.6 Å². The largest absolute Gasteiger partial charge is 0.477 e. The Labute approximate surface area is 93.6 Å². The number of carboxylic acids is 1. The summed E-state index contributed by atoms with van der Waals surface area (Å²) in [5.74, 6) is -0.932. The van der Waals surface area contributed by atoms with Gasteiger partial charge in [0.1, 0.15) is 15.6 Å². The lowest BCUT2D eigenvalue weighted by Crippen LogP contribution is -1.97. The molecule has 0 atom stereocenters. The van der Waals surface area contributed by atoms with Gasteiger partial charge < -0.3 is 5.11 Å². The SMILES string of the molecule is CCc1nc(-c2csnn2)sc1C(=O)O. The average Bonchev–Trinajstić information content (AvgIpc) is 2.86. The van der Waals surface area contributed by atoms with Crippen molar-refractivity contribution in [2.45, 2.75) is 13.3 Å². The Kier molecular flexibility index (Phi) is 2.74. The normalized spacial score (nSPS) is 10.5. The first kappa shape index (κ1) is 10.2. The number of aromatic nitrogens is 3. The quantitative estimate of drug-likeness (QED) is 0.888. The standard InChI is InChI=1S/C8H7N3O2S2/c1-2-4-6(8(12)13)15-7(9-4)5-3-14-11-10-5/h3H,2H2,1H3,(H,12,13). The van der Waals surface area contributed by atoms with Crippen LogP contribution in [0.25, 0.3) is 10.7 Å². The van der Waals surface area contributed by atoms with E-state index in [4.69, 9.17) is 5.11 Å². The fraction of sp³-hybridized carbons (Fsp3) is 0.250. The van der Waals surface area contributed by atoms with Crippen LogP contribution in [0, 0.1) is 0 Å². The molecule has 0 radical (unpaired) electrons. The predicted octanol–water partition coefficient (Wildman–Crippen LogP) is 1.92. The molecule has 2 heterocycles. The molecule has 0 unspecified atom stereocenters. The van der Waals surface area contributed by atoms with Crippen LogP contribution in [0.4, 0.5) is 0 Å². The van der Waals surface area contributed by atoms with Crippen LogP contribution in [0.2, 0.25) is 0 Å². The molecule has 0 bridgehead atoms. The van der Waals surface area contributed by atoms with E-state index in [-0.39, 0.29) is 0 Å². The number of aromatic carboxylic acids is 1. The van der Waals surface area contributed by atoms with E-state index in [1.807, 2.05) is 6.92 Å². The lowest BCUT2D eigenvalue weighted by Gasteiger charge is -1.89. The van der Waals surface area contributed by atoms with E-state index in [1.165, 1.54) is 11.5 Å². The number of rotatable bonds is 3. The molecule has 0 aliphatic carbocycles. The van der Waals surface area contributed by atoms with Crippen molar-refractivity contribution in [3.05, 3.63) is 16.0 Å². The molecule has 0 fully saturated rings. The highest BCUT2D eigenvalue weighted by atomic mass is 32.1. The fourth-order valence-electron chi connectivity index (χ4n) is 1.13. The second-order valence-electron chi connectivity index (χ2n) is 2.74. The van der Waals surface area contributed by atoms with Gasteiger partial charge in [0.25, 0.3) is 0 Å². The molecule has 0 spiro atoms. The molecular weight excluding hydrogens is 234 g/mol. The summed E-state index contributed by atoms with van der Waals surface area (Å²) in [5, 5.41) is 15.2. The van der Waals surface area contributed by atoms with E-state index < -0.39 is 5.97 Å². The van der Waals surface area contributed by atoms with Gasteiger partial charge in [-0.1, -0.05) is 11.4 Å². The Bertz CT molecular complexity index is 478. The van der Waals surface area contributed by atoms with Crippen LogP contribution in [-0.4, -0.2) is 25.6 Å². The topological polar surface area (TPSA) is 76.0 Å². The zero-order chi connectivity index (χ0) is 10.8. The van der Waals surface area contributed by atoms with Crippen molar-refractivity contribution in [3.63, 3.8) is 0 Å². The number of aryl methyl sites for hydroxylation is 1. The molecule has 2 aromatic heterocycles. The predicted molar refractivity (Wildman–Crippen MR) is 57.4 cm³/mol. The molecule has 0 aliphatic rings. The third kappa shape index (κ3) is 1.88. The molecule has 15 heavy (non-hydrogen) atoms. The van der Waals surface area contributed by atoms with Gasteiger partial charge in [0.2, 0.25) is 0 Å². The van der Waals surface area contributed by atoms with Gasteiger partial charge in [-0.25, -0.2) is 9.78 Å². The van der Waals surface area contributed by atoms with E-state index >= 15 is 0 Å². The van der Waals surface area contributed by atoms with Crippen LogP contribution >= 0.6 is 22.9 Å². The summed E-state index contributed by atoms with van der Waals surface area (Å²) in [6.45, 7) is 1.88. The Morgan fingerprint density at radius 1 is 1.60 bits per heavy atom. The first-order valence-corrected chi connectivity index (χ1v) is 5.88. The van der Waals surface area contributed by atoms with Gasteiger partial charge in [-0.15, -0.1) is 16.4 Å². The highest BCUT2D eigenvalue weighted by molar-refractivity contribution is 7.17. The van der Waals surface area contributed by atoms with E-state index in [1.54, 1.807) is 5.38 Å². The molecule has 1 N–H and O–H groups in total. The molecule has 5 nitrogen and oxygen atoms in total. The first-order valence-electron chi connectivity index (χ1n) is 4.22. The highest BCUT2D eigenvalue weighted by Gasteiger charge is 2.17. The number of hydrogen-bond donors (Lipinski definition) is 1. The molecule has 2 rings (SSSR count). The van der Waals surface area contributed by atoms with Gasteiger partial charge in [-0.2, -0.15) is 0 Å². The van der Waals surface area contributed by atoms with Crippen molar-refractivity contribution in [1.29, 1.82) is 0 Å². The zero-order valence-electron chi connectivity index (χ0n) is 7.80. The van der Waals surface area contributed by atoms with Crippen molar-refractivity contribution >= 4 is 28.8 Å². The summed E-state index contributed by atoms with van der Waals surface area (Å²) in [7, 11) is 0. The van der Waals surface area contributed by atoms with Crippen molar-refractivity contribution in [2.24, 2.45) is 0 Å². The van der Waals surface area contributed by atoms with Gasteiger partial charge >= 0.3 is 5.97 Å². The summed E-state index contributed by atoms with van der Waals surface area (Å²) in [4.78, 5) is 15.4. The van der Waals surface area contributed by atoms with E-state index in [0.29, 0.717) is 27.7 Å². The Balaban J connectivity index is 2.48. The summed E-state index contributed by atoms with van der Waals surface area (Å²) >= 11 is 2.37. The summed E-state index contributed by atoms with van der Waals surface area (Å²) in [6, 6.07) is 0. The number of carbonyl (C=O) groups is 1. The third-order valence-electron chi connectivity index (χ3n) is 1.81.